The Hall–Kier alpha value is -3.41. The van der Waals surface area contributed by atoms with Gasteiger partial charge in [0.05, 0.1) is 18.7 Å². The number of ketones is 2. The Labute approximate surface area is 259 Å². The molecule has 1 aromatic rings. The molecule has 242 valence electrons. The zero-order valence-corrected chi connectivity index (χ0v) is 27.2. The number of ether oxygens (including phenoxy) is 1. The normalized spacial score (nSPS) is 25.8. The molecule has 0 bridgehead atoms. The van der Waals surface area contributed by atoms with Crippen molar-refractivity contribution < 1.29 is 39.5 Å². The predicted molar refractivity (Wildman–Crippen MR) is 165 cm³/mol. The van der Waals surface area contributed by atoms with E-state index in [9.17, 15) is 34.8 Å². The second-order valence-corrected chi connectivity index (χ2v) is 14.5. The van der Waals surface area contributed by atoms with Crippen molar-refractivity contribution in [2.24, 2.45) is 23.0 Å². The number of amides is 1. The van der Waals surface area contributed by atoms with Gasteiger partial charge in [-0.05, 0) is 71.1 Å². The van der Waals surface area contributed by atoms with Crippen LogP contribution in [0.15, 0.2) is 23.0 Å². The van der Waals surface area contributed by atoms with Crippen molar-refractivity contribution in [3.8, 4) is 11.5 Å². The van der Waals surface area contributed by atoms with Crippen LogP contribution in [0.1, 0.15) is 71.1 Å². The number of hydrogen-bond donors (Lipinski definition) is 5. The van der Waals surface area contributed by atoms with Crippen LogP contribution in [0.5, 0.6) is 11.5 Å². The first kappa shape index (κ1) is 33.5. The molecule has 0 spiro atoms. The number of rotatable bonds is 8. The van der Waals surface area contributed by atoms with Gasteiger partial charge in [-0.3, -0.25) is 24.2 Å². The van der Waals surface area contributed by atoms with Crippen molar-refractivity contribution in [1.29, 1.82) is 0 Å². The lowest BCUT2D eigenvalue weighted by Gasteiger charge is -2.50. The first-order valence-electron chi connectivity index (χ1n) is 15.0. The third kappa shape index (κ3) is 5.18. The summed E-state index contributed by atoms with van der Waals surface area (Å²) in [5.41, 5.74) is 2.82. The van der Waals surface area contributed by atoms with E-state index < -0.39 is 58.0 Å². The van der Waals surface area contributed by atoms with Gasteiger partial charge in [0.15, 0.2) is 11.4 Å². The van der Waals surface area contributed by atoms with E-state index in [0.717, 1.165) is 13.0 Å². The number of phenols is 1. The highest BCUT2D eigenvalue weighted by Crippen LogP contribution is 2.54. The number of benzene rings is 1. The molecule has 3 aliphatic carbocycles. The van der Waals surface area contributed by atoms with Crippen LogP contribution in [0.25, 0.3) is 5.76 Å². The summed E-state index contributed by atoms with van der Waals surface area (Å²) in [6.07, 6.45) is 1.09. The molecule has 44 heavy (non-hydrogen) atoms. The van der Waals surface area contributed by atoms with Crippen molar-refractivity contribution in [3.63, 3.8) is 0 Å². The molecule has 1 amide bonds. The number of hydrogen-bond acceptors (Lipinski definition) is 10. The van der Waals surface area contributed by atoms with Crippen LogP contribution in [0.2, 0.25) is 0 Å². The minimum Gasteiger partial charge on any atom is -0.508 e. The van der Waals surface area contributed by atoms with Crippen LogP contribution in [0.3, 0.4) is 0 Å². The summed E-state index contributed by atoms with van der Waals surface area (Å²) < 4.78 is 5.91. The monoisotopic (exact) mass is 613 g/mol. The van der Waals surface area contributed by atoms with E-state index in [1.165, 1.54) is 18.1 Å². The Morgan fingerprint density at radius 2 is 1.75 bits per heavy atom. The number of aliphatic hydroxyl groups is 3. The molecular formula is C33H47N3O8. The zero-order chi connectivity index (χ0) is 33.3. The minimum absolute atomic E-state index is 0.0129. The molecular weight excluding hydrogens is 566 g/mol. The van der Waals surface area contributed by atoms with E-state index in [1.807, 2.05) is 0 Å². The molecule has 0 radical (unpaired) electrons. The summed E-state index contributed by atoms with van der Waals surface area (Å²) in [7, 11) is 4.66. The van der Waals surface area contributed by atoms with E-state index in [-0.39, 0.29) is 40.7 Å². The lowest BCUT2D eigenvalue weighted by Crippen LogP contribution is -2.65. The number of phenolic OH excluding ortho intramolecular Hbond substituents is 1. The van der Waals surface area contributed by atoms with Gasteiger partial charge in [-0.25, -0.2) is 0 Å². The Bertz CT molecular complexity index is 1470. The molecule has 0 aromatic heterocycles. The highest BCUT2D eigenvalue weighted by molar-refractivity contribution is 6.24. The maximum absolute atomic E-state index is 14.1. The molecule has 1 saturated carbocycles. The predicted octanol–water partition coefficient (Wildman–Crippen LogP) is 3.01. The second kappa shape index (κ2) is 11.2. The number of fused-ring (bicyclic) bond motifs is 3. The highest BCUT2D eigenvalue weighted by Gasteiger charge is 2.64. The van der Waals surface area contributed by atoms with Crippen LogP contribution in [-0.2, 0) is 27.3 Å². The number of Topliss-reactive ketones (excluding diaryl/α,β-unsaturated/α-hetero) is 2. The quantitative estimate of drug-likeness (QED) is 0.274. The smallest absolute Gasteiger partial charge is 0.255 e. The topological polar surface area (TPSA) is 174 Å². The Kier molecular flexibility index (Phi) is 8.51. The van der Waals surface area contributed by atoms with Crippen molar-refractivity contribution in [3.05, 3.63) is 39.7 Å². The molecule has 6 N–H and O–H groups in total. The Morgan fingerprint density at radius 3 is 2.25 bits per heavy atom. The molecule has 4 rings (SSSR count). The van der Waals surface area contributed by atoms with Crippen molar-refractivity contribution >= 4 is 23.2 Å². The van der Waals surface area contributed by atoms with Crippen LogP contribution >= 0.6 is 0 Å². The van der Waals surface area contributed by atoms with Crippen molar-refractivity contribution in [2.75, 3.05) is 27.7 Å². The summed E-state index contributed by atoms with van der Waals surface area (Å²) in [4.78, 5) is 43.4. The van der Waals surface area contributed by atoms with E-state index >= 15 is 0 Å². The molecule has 11 heteroatoms. The lowest BCUT2D eigenvalue weighted by atomic mass is 9.57. The number of nitrogens with two attached hydrogens (primary N) is 1. The van der Waals surface area contributed by atoms with Gasteiger partial charge in [0.25, 0.3) is 5.91 Å². The van der Waals surface area contributed by atoms with E-state index in [4.69, 9.17) is 10.5 Å². The van der Waals surface area contributed by atoms with Crippen LogP contribution in [0, 0.1) is 17.3 Å². The fourth-order valence-electron chi connectivity index (χ4n) is 8.10. The number of nitrogens with zero attached hydrogens (tertiary/aromatic N) is 2. The van der Waals surface area contributed by atoms with Crippen LogP contribution < -0.4 is 10.5 Å². The first-order chi connectivity index (χ1) is 20.2. The molecule has 4 atom stereocenters. The number of aromatic hydroxyl groups is 1. The van der Waals surface area contributed by atoms with Crippen LogP contribution in [-0.4, -0.2) is 92.6 Å². The largest absolute Gasteiger partial charge is 0.508 e. The number of aliphatic hydroxyl groups excluding tert-OH is 2. The zero-order valence-electron chi connectivity index (χ0n) is 27.2. The summed E-state index contributed by atoms with van der Waals surface area (Å²) in [5.74, 6) is -6.34. The fourth-order valence-corrected chi connectivity index (χ4v) is 8.10. The summed E-state index contributed by atoms with van der Waals surface area (Å²) >= 11 is 0. The molecule has 0 heterocycles. The van der Waals surface area contributed by atoms with Gasteiger partial charge in [0.2, 0.25) is 5.78 Å². The summed E-state index contributed by atoms with van der Waals surface area (Å²) in [6.45, 7) is 14.2. The van der Waals surface area contributed by atoms with Gasteiger partial charge in [-0.15, -0.1) is 0 Å². The van der Waals surface area contributed by atoms with Crippen molar-refractivity contribution in [2.45, 2.75) is 84.5 Å². The Balaban J connectivity index is 1.87. The number of carbonyl (C=O) groups is 3. The van der Waals surface area contributed by atoms with Gasteiger partial charge in [-0.1, -0.05) is 27.7 Å². The average molecular weight is 614 g/mol. The Morgan fingerprint density at radius 1 is 1.14 bits per heavy atom. The average Bonchev–Trinajstić information content (AvgIpc) is 2.87. The maximum atomic E-state index is 14.1. The second-order valence-electron chi connectivity index (χ2n) is 14.5. The van der Waals surface area contributed by atoms with Gasteiger partial charge in [0, 0.05) is 34.7 Å². The molecule has 3 aliphatic rings. The van der Waals surface area contributed by atoms with E-state index in [0.29, 0.717) is 23.4 Å². The maximum Gasteiger partial charge on any atom is 0.255 e. The minimum atomic E-state index is -2.68. The third-order valence-electron chi connectivity index (χ3n) is 9.51. The number of methoxy groups -OCH3 is 1. The number of likely N-dealkylation sites (N-methyl/N-ethyl adjacent to an activating group) is 1. The molecule has 11 nitrogen and oxygen atoms in total. The van der Waals surface area contributed by atoms with Gasteiger partial charge >= 0.3 is 0 Å². The molecule has 0 unspecified atom stereocenters. The third-order valence-corrected chi connectivity index (χ3v) is 9.51. The summed E-state index contributed by atoms with van der Waals surface area (Å²) in [5, 5.41) is 45.6. The summed E-state index contributed by atoms with van der Waals surface area (Å²) in [6, 6.07) is 0.386. The fraction of sp³-hybridized carbons (Fsp3) is 0.606. The molecule has 0 saturated heterocycles. The molecule has 1 aromatic carbocycles. The van der Waals surface area contributed by atoms with Crippen LogP contribution in [0.4, 0.5) is 0 Å². The molecule has 1 fully saturated rings. The van der Waals surface area contributed by atoms with Gasteiger partial charge in [-0.2, -0.15) is 0 Å². The lowest BCUT2D eigenvalue weighted by molar-refractivity contribution is -0.153. The van der Waals surface area contributed by atoms with E-state index in [1.54, 1.807) is 14.1 Å². The van der Waals surface area contributed by atoms with Gasteiger partial charge < -0.3 is 30.9 Å². The molecule has 0 aliphatic heterocycles. The van der Waals surface area contributed by atoms with E-state index in [2.05, 4.69) is 46.4 Å². The van der Waals surface area contributed by atoms with Gasteiger partial charge in [0.1, 0.15) is 28.6 Å². The standard InChI is InChI=1S/C33H47N3O8/c1-10-36(32(5,6)15-31(2,3)4)14-17-13-20(37)22-18(27(17)44-9)11-16-12-19-24(35(7)8)26(39)23(30(34)42)29(41)33(19,43)28(40)21(16)25(22)38/h13,16,19,24,37-38,41,43H,10-12,14-15H2,1-9H3,(H2,34,42)/t16-,19-,24-,33-/m0/s1. The number of primary amides is 1. The SMILES string of the molecule is CCN(Cc1cc(O)c2c(c1OC)C[C@H]1C[C@H]3[C@H](N(C)C)C(=O)C(C(N)=O)=C(O)[C@@]3(O)C(=O)C1=C2O)C(C)(C)CC(C)(C)C. The highest BCUT2D eigenvalue weighted by atomic mass is 16.5. The number of carbonyl (C=O) groups excluding carboxylic acids is 3. The first-order valence-corrected chi connectivity index (χ1v) is 15.0. The van der Waals surface area contributed by atoms with Crippen molar-refractivity contribution in [1.82, 2.24) is 9.80 Å².